The standard InChI is InChI=1S/C15H24N2O2/c1-11(13-6-5-12(18)9-14(13)19)16-10-15(17(2)3)7-4-8-15/h5-6,9,11,16,18-19H,4,7-8,10H2,1-3H3. The van der Waals surface area contributed by atoms with Crippen LogP contribution in [0.3, 0.4) is 0 Å². The van der Waals surface area contributed by atoms with Crippen LogP contribution in [0.4, 0.5) is 0 Å². The highest BCUT2D eigenvalue weighted by Crippen LogP contribution is 2.36. The van der Waals surface area contributed by atoms with Crippen LogP contribution in [0.2, 0.25) is 0 Å². The van der Waals surface area contributed by atoms with Crippen LogP contribution in [0.25, 0.3) is 0 Å². The topological polar surface area (TPSA) is 55.7 Å². The van der Waals surface area contributed by atoms with Gasteiger partial charge in [-0.2, -0.15) is 0 Å². The maximum absolute atomic E-state index is 9.86. The van der Waals surface area contributed by atoms with E-state index < -0.39 is 0 Å². The molecule has 19 heavy (non-hydrogen) atoms. The minimum Gasteiger partial charge on any atom is -0.508 e. The summed E-state index contributed by atoms with van der Waals surface area (Å²) < 4.78 is 0. The van der Waals surface area contributed by atoms with E-state index in [1.807, 2.05) is 6.92 Å². The third-order valence-electron chi connectivity index (χ3n) is 4.45. The van der Waals surface area contributed by atoms with E-state index >= 15 is 0 Å². The summed E-state index contributed by atoms with van der Waals surface area (Å²) in [5.74, 6) is 0.240. The molecule has 3 N–H and O–H groups in total. The second kappa shape index (κ2) is 5.39. The van der Waals surface area contributed by atoms with E-state index in [2.05, 4.69) is 24.3 Å². The van der Waals surface area contributed by atoms with Crippen LogP contribution in [0.1, 0.15) is 37.8 Å². The van der Waals surface area contributed by atoms with Crippen molar-refractivity contribution in [3.05, 3.63) is 23.8 Å². The average molecular weight is 264 g/mol. The number of phenolic OH excluding ortho intramolecular Hbond substituents is 2. The first-order valence-electron chi connectivity index (χ1n) is 6.87. The highest BCUT2D eigenvalue weighted by Gasteiger charge is 2.38. The quantitative estimate of drug-likeness (QED) is 0.763. The van der Waals surface area contributed by atoms with E-state index in [0.29, 0.717) is 0 Å². The molecule has 1 saturated carbocycles. The van der Waals surface area contributed by atoms with Crippen molar-refractivity contribution >= 4 is 0 Å². The number of nitrogens with one attached hydrogen (secondary N) is 1. The number of likely N-dealkylation sites (N-methyl/N-ethyl adjacent to an activating group) is 1. The Labute approximate surface area is 115 Å². The van der Waals surface area contributed by atoms with Crippen LogP contribution in [0.15, 0.2) is 18.2 Å². The SMILES string of the molecule is CC(NCC1(N(C)C)CCC1)c1ccc(O)cc1O. The number of rotatable bonds is 5. The van der Waals surface area contributed by atoms with Crippen molar-refractivity contribution < 1.29 is 10.2 Å². The van der Waals surface area contributed by atoms with Crippen LogP contribution in [-0.2, 0) is 0 Å². The molecule has 1 aromatic rings. The zero-order chi connectivity index (χ0) is 14.0. The molecule has 1 atom stereocenters. The van der Waals surface area contributed by atoms with E-state index in [4.69, 9.17) is 0 Å². The van der Waals surface area contributed by atoms with Gasteiger partial charge in [0.25, 0.3) is 0 Å². The lowest BCUT2D eigenvalue weighted by Gasteiger charge is -2.48. The molecule has 4 nitrogen and oxygen atoms in total. The summed E-state index contributed by atoms with van der Waals surface area (Å²) in [4.78, 5) is 2.30. The summed E-state index contributed by atoms with van der Waals surface area (Å²) in [6.07, 6.45) is 3.74. The maximum atomic E-state index is 9.86. The number of hydrogen-bond donors (Lipinski definition) is 3. The number of hydrogen-bond acceptors (Lipinski definition) is 4. The van der Waals surface area contributed by atoms with Crippen molar-refractivity contribution in [1.29, 1.82) is 0 Å². The second-order valence-electron chi connectivity index (χ2n) is 5.82. The Morgan fingerprint density at radius 3 is 2.47 bits per heavy atom. The smallest absolute Gasteiger partial charge is 0.124 e. The van der Waals surface area contributed by atoms with Crippen LogP contribution in [0.5, 0.6) is 11.5 Å². The molecule has 0 aromatic heterocycles. The van der Waals surface area contributed by atoms with Gasteiger partial charge >= 0.3 is 0 Å². The predicted octanol–water partition coefficient (Wildman–Crippen LogP) is 2.23. The largest absolute Gasteiger partial charge is 0.508 e. The molecule has 0 radical (unpaired) electrons. The molecule has 1 aromatic carbocycles. The van der Waals surface area contributed by atoms with E-state index in [0.717, 1.165) is 12.1 Å². The Morgan fingerprint density at radius 1 is 1.32 bits per heavy atom. The molecule has 1 aliphatic rings. The first kappa shape index (κ1) is 14.2. The molecule has 0 bridgehead atoms. The van der Waals surface area contributed by atoms with E-state index in [1.165, 1.54) is 25.3 Å². The fourth-order valence-electron chi connectivity index (χ4n) is 2.72. The molecular formula is C15H24N2O2. The normalized spacial score (nSPS) is 19.2. The van der Waals surface area contributed by atoms with Gasteiger partial charge < -0.3 is 20.4 Å². The molecule has 4 heteroatoms. The Balaban J connectivity index is 1.99. The van der Waals surface area contributed by atoms with E-state index in [1.54, 1.807) is 12.1 Å². The molecule has 0 amide bonds. The number of nitrogens with zero attached hydrogens (tertiary/aromatic N) is 1. The van der Waals surface area contributed by atoms with Crippen LogP contribution >= 0.6 is 0 Å². The fraction of sp³-hybridized carbons (Fsp3) is 0.600. The zero-order valence-electron chi connectivity index (χ0n) is 12.0. The molecule has 0 heterocycles. The van der Waals surface area contributed by atoms with Crippen LogP contribution in [0, 0.1) is 0 Å². The molecule has 1 fully saturated rings. The van der Waals surface area contributed by atoms with Crippen molar-refractivity contribution in [2.45, 2.75) is 37.8 Å². The van der Waals surface area contributed by atoms with Crippen LogP contribution in [-0.4, -0.2) is 41.3 Å². The Morgan fingerprint density at radius 2 is 2.00 bits per heavy atom. The summed E-state index contributed by atoms with van der Waals surface area (Å²) in [6.45, 7) is 2.95. The molecule has 1 unspecified atom stereocenters. The first-order valence-corrected chi connectivity index (χ1v) is 6.87. The number of aromatic hydroxyl groups is 2. The number of benzene rings is 1. The van der Waals surface area contributed by atoms with Gasteiger partial charge in [-0.05, 0) is 46.3 Å². The molecule has 106 valence electrons. The van der Waals surface area contributed by atoms with Crippen molar-refractivity contribution in [2.24, 2.45) is 0 Å². The van der Waals surface area contributed by atoms with Gasteiger partial charge in [-0.1, -0.05) is 6.07 Å². The van der Waals surface area contributed by atoms with Gasteiger partial charge in [-0.15, -0.1) is 0 Å². The average Bonchev–Trinajstić information content (AvgIpc) is 2.26. The van der Waals surface area contributed by atoms with Gasteiger partial charge in [0.1, 0.15) is 11.5 Å². The molecule has 0 spiro atoms. The Kier molecular flexibility index (Phi) is 4.02. The Hall–Kier alpha value is -1.26. The van der Waals surface area contributed by atoms with Crippen molar-refractivity contribution in [1.82, 2.24) is 10.2 Å². The lowest BCUT2D eigenvalue weighted by Crippen LogP contribution is -2.56. The summed E-state index contributed by atoms with van der Waals surface area (Å²) >= 11 is 0. The highest BCUT2D eigenvalue weighted by molar-refractivity contribution is 5.40. The van der Waals surface area contributed by atoms with Gasteiger partial charge in [0.05, 0.1) is 0 Å². The molecule has 0 aliphatic heterocycles. The third kappa shape index (κ3) is 2.85. The van der Waals surface area contributed by atoms with E-state index in [9.17, 15) is 10.2 Å². The third-order valence-corrected chi connectivity index (χ3v) is 4.45. The summed E-state index contributed by atoms with van der Waals surface area (Å²) in [5, 5.41) is 22.7. The minimum absolute atomic E-state index is 0.0676. The lowest BCUT2D eigenvalue weighted by molar-refractivity contribution is 0.0575. The fourth-order valence-corrected chi connectivity index (χ4v) is 2.72. The van der Waals surface area contributed by atoms with Crippen molar-refractivity contribution in [3.8, 4) is 11.5 Å². The summed E-state index contributed by atoms with van der Waals surface area (Å²) in [6, 6.07) is 4.83. The van der Waals surface area contributed by atoms with Gasteiger partial charge in [0, 0.05) is 29.8 Å². The second-order valence-corrected chi connectivity index (χ2v) is 5.82. The van der Waals surface area contributed by atoms with Crippen molar-refractivity contribution in [3.63, 3.8) is 0 Å². The van der Waals surface area contributed by atoms with Gasteiger partial charge in [0.15, 0.2) is 0 Å². The van der Waals surface area contributed by atoms with E-state index in [-0.39, 0.29) is 23.1 Å². The van der Waals surface area contributed by atoms with Crippen LogP contribution < -0.4 is 5.32 Å². The minimum atomic E-state index is 0.0676. The van der Waals surface area contributed by atoms with Gasteiger partial charge in [0.2, 0.25) is 0 Å². The van der Waals surface area contributed by atoms with Crippen molar-refractivity contribution in [2.75, 3.05) is 20.6 Å². The lowest BCUT2D eigenvalue weighted by atomic mass is 9.75. The van der Waals surface area contributed by atoms with Gasteiger partial charge in [-0.25, -0.2) is 0 Å². The highest BCUT2D eigenvalue weighted by atomic mass is 16.3. The number of phenols is 2. The summed E-state index contributed by atoms with van der Waals surface area (Å²) in [5.41, 5.74) is 1.09. The molecular weight excluding hydrogens is 240 g/mol. The first-order chi connectivity index (χ1) is 8.94. The molecule has 2 rings (SSSR count). The summed E-state index contributed by atoms with van der Waals surface area (Å²) in [7, 11) is 4.26. The maximum Gasteiger partial charge on any atom is 0.124 e. The molecule has 0 saturated heterocycles. The molecule has 1 aliphatic carbocycles. The predicted molar refractivity (Wildman–Crippen MR) is 76.5 cm³/mol. The zero-order valence-corrected chi connectivity index (χ0v) is 12.0. The Bertz CT molecular complexity index is 442. The van der Waals surface area contributed by atoms with Gasteiger partial charge in [-0.3, -0.25) is 0 Å². The monoisotopic (exact) mass is 264 g/mol.